The quantitative estimate of drug-likeness (QED) is 0.795. The van der Waals surface area contributed by atoms with Gasteiger partial charge in [0.1, 0.15) is 0 Å². The minimum atomic E-state index is 0. The summed E-state index contributed by atoms with van der Waals surface area (Å²) in [6.07, 6.45) is 1.13. The molecule has 0 saturated heterocycles. The highest BCUT2D eigenvalue weighted by molar-refractivity contribution is 14.0. The molecule has 0 atom stereocenters. The predicted molar refractivity (Wildman–Crippen MR) is 89.0 cm³/mol. The minimum Gasteiger partial charge on any atom is -0.356 e. The van der Waals surface area contributed by atoms with E-state index in [-0.39, 0.29) is 24.0 Å². The summed E-state index contributed by atoms with van der Waals surface area (Å²) in [6, 6.07) is 8.77. The fourth-order valence-electron chi connectivity index (χ4n) is 1.96. The van der Waals surface area contributed by atoms with Crippen LogP contribution in [0.5, 0.6) is 0 Å². The van der Waals surface area contributed by atoms with Crippen molar-refractivity contribution < 1.29 is 0 Å². The Hall–Kier alpha value is -0.820. The van der Waals surface area contributed by atoms with Crippen LogP contribution in [0.1, 0.15) is 12.0 Å². The van der Waals surface area contributed by atoms with Crippen molar-refractivity contribution in [2.45, 2.75) is 13.0 Å². The van der Waals surface area contributed by atoms with Crippen molar-refractivity contribution in [1.29, 1.82) is 0 Å². The fraction of sp³-hybridized carbons (Fsp3) is 0.308. The van der Waals surface area contributed by atoms with Gasteiger partial charge in [-0.15, -0.1) is 35.3 Å². The van der Waals surface area contributed by atoms with E-state index < -0.39 is 0 Å². The first kappa shape index (κ1) is 13.6. The number of fused-ring (bicyclic) bond motifs is 1. The molecule has 1 aliphatic rings. The number of rotatable bonds is 2. The van der Waals surface area contributed by atoms with Gasteiger partial charge in [0.15, 0.2) is 5.96 Å². The fourth-order valence-corrected chi connectivity index (χ4v) is 2.73. The molecule has 1 aromatic heterocycles. The second-order valence-electron chi connectivity index (χ2n) is 4.16. The van der Waals surface area contributed by atoms with Crippen LogP contribution in [0, 0.1) is 0 Å². The first-order chi connectivity index (χ1) is 8.42. The van der Waals surface area contributed by atoms with Crippen molar-refractivity contribution in [3.8, 4) is 0 Å². The van der Waals surface area contributed by atoms with Crippen molar-refractivity contribution in [1.82, 2.24) is 10.6 Å². The lowest BCUT2D eigenvalue weighted by molar-refractivity contribution is 0.702. The van der Waals surface area contributed by atoms with Crippen LogP contribution in [0.25, 0.3) is 10.1 Å². The Bertz CT molecular complexity index is 550. The molecule has 5 heteroatoms. The van der Waals surface area contributed by atoms with Crippen LogP contribution >= 0.6 is 35.3 Å². The normalized spacial score (nSPS) is 14.6. The Morgan fingerprint density at radius 3 is 3.11 bits per heavy atom. The van der Waals surface area contributed by atoms with Gasteiger partial charge < -0.3 is 10.6 Å². The number of halogens is 1. The second-order valence-corrected chi connectivity index (χ2v) is 5.10. The summed E-state index contributed by atoms with van der Waals surface area (Å²) in [6.45, 7) is 2.78. The zero-order valence-corrected chi connectivity index (χ0v) is 13.1. The van der Waals surface area contributed by atoms with Crippen LogP contribution in [-0.2, 0) is 6.54 Å². The van der Waals surface area contributed by atoms with Gasteiger partial charge in [0.2, 0.25) is 0 Å². The van der Waals surface area contributed by atoms with Gasteiger partial charge in [-0.2, -0.15) is 0 Å². The van der Waals surface area contributed by atoms with Crippen molar-refractivity contribution in [3.63, 3.8) is 0 Å². The molecule has 0 unspecified atom stereocenters. The van der Waals surface area contributed by atoms with Gasteiger partial charge in [0.25, 0.3) is 0 Å². The number of aliphatic imine (C=N–C) groups is 1. The predicted octanol–water partition coefficient (Wildman–Crippen LogP) is 2.96. The Labute approximate surface area is 128 Å². The molecule has 3 nitrogen and oxygen atoms in total. The molecule has 0 saturated carbocycles. The Balaban J connectivity index is 0.00000120. The smallest absolute Gasteiger partial charge is 0.191 e. The summed E-state index contributed by atoms with van der Waals surface area (Å²) in [4.78, 5) is 4.39. The molecule has 0 spiro atoms. The Morgan fingerprint density at radius 2 is 2.28 bits per heavy atom. The molecule has 3 rings (SSSR count). The number of hydrogen-bond donors (Lipinski definition) is 2. The summed E-state index contributed by atoms with van der Waals surface area (Å²) in [5.41, 5.74) is 1.30. The number of guanidine groups is 1. The van der Waals surface area contributed by atoms with Crippen LogP contribution in [0.2, 0.25) is 0 Å². The van der Waals surface area contributed by atoms with Crippen molar-refractivity contribution in [2.24, 2.45) is 4.99 Å². The summed E-state index contributed by atoms with van der Waals surface area (Å²) >= 11 is 1.79. The zero-order valence-electron chi connectivity index (χ0n) is 9.98. The number of thiophene rings is 1. The van der Waals surface area contributed by atoms with Gasteiger partial charge in [-0.25, -0.2) is 0 Å². The maximum Gasteiger partial charge on any atom is 0.191 e. The SMILES string of the molecule is I.c1cc2cc(CNC3=NCCCN3)ccc2s1. The molecule has 1 aromatic carbocycles. The molecule has 0 aliphatic carbocycles. The lowest BCUT2D eigenvalue weighted by Gasteiger charge is -2.15. The molecule has 0 radical (unpaired) electrons. The maximum atomic E-state index is 4.39. The van der Waals surface area contributed by atoms with Gasteiger partial charge in [0, 0.05) is 24.3 Å². The molecule has 18 heavy (non-hydrogen) atoms. The molecule has 0 amide bonds. The van der Waals surface area contributed by atoms with Gasteiger partial charge in [0.05, 0.1) is 0 Å². The standard InChI is InChI=1S/C13H15N3S.HI/c1-5-14-13(15-6-1)16-9-10-2-3-12-11(8-10)4-7-17-12;/h2-4,7-8H,1,5-6,9H2,(H2,14,15,16);1H. The van der Waals surface area contributed by atoms with E-state index in [1.807, 2.05) is 0 Å². The first-order valence-electron chi connectivity index (χ1n) is 5.90. The lowest BCUT2D eigenvalue weighted by atomic mass is 10.2. The Morgan fingerprint density at radius 1 is 1.33 bits per heavy atom. The van der Waals surface area contributed by atoms with Crippen LogP contribution in [0.15, 0.2) is 34.6 Å². The zero-order chi connectivity index (χ0) is 11.5. The van der Waals surface area contributed by atoms with Gasteiger partial charge in [-0.1, -0.05) is 6.07 Å². The van der Waals surface area contributed by atoms with Crippen molar-refractivity contribution in [2.75, 3.05) is 13.1 Å². The molecular weight excluding hydrogens is 357 g/mol. The topological polar surface area (TPSA) is 36.4 Å². The average Bonchev–Trinajstić information content (AvgIpc) is 2.85. The van der Waals surface area contributed by atoms with E-state index in [9.17, 15) is 0 Å². The molecule has 0 bridgehead atoms. The third-order valence-corrected chi connectivity index (χ3v) is 3.77. The van der Waals surface area contributed by atoms with E-state index in [1.165, 1.54) is 15.6 Å². The van der Waals surface area contributed by atoms with Crippen molar-refractivity contribution >= 4 is 51.4 Å². The molecule has 0 fully saturated rings. The number of benzene rings is 1. The van der Waals surface area contributed by atoms with E-state index in [0.29, 0.717) is 0 Å². The molecule has 2 N–H and O–H groups in total. The monoisotopic (exact) mass is 373 g/mol. The molecule has 2 heterocycles. The van der Waals surface area contributed by atoms with E-state index in [0.717, 1.165) is 32.0 Å². The highest BCUT2D eigenvalue weighted by atomic mass is 127. The molecule has 96 valence electrons. The third kappa shape index (κ3) is 3.14. The number of nitrogens with zero attached hydrogens (tertiary/aromatic N) is 1. The maximum absolute atomic E-state index is 4.39. The average molecular weight is 373 g/mol. The van der Waals surface area contributed by atoms with E-state index in [4.69, 9.17) is 0 Å². The van der Waals surface area contributed by atoms with Gasteiger partial charge in [-0.3, -0.25) is 4.99 Å². The van der Waals surface area contributed by atoms with Crippen LogP contribution in [0.4, 0.5) is 0 Å². The lowest BCUT2D eigenvalue weighted by Crippen LogP contribution is -2.40. The minimum absolute atomic E-state index is 0. The molecular formula is C13H16IN3S. The second kappa shape index (κ2) is 6.38. The van der Waals surface area contributed by atoms with Gasteiger partial charge in [-0.05, 0) is 40.9 Å². The number of hydrogen-bond acceptors (Lipinski definition) is 4. The Kier molecular flexibility index (Phi) is 4.82. The van der Waals surface area contributed by atoms with E-state index >= 15 is 0 Å². The molecule has 2 aromatic rings. The van der Waals surface area contributed by atoms with E-state index in [1.54, 1.807) is 11.3 Å². The third-order valence-electron chi connectivity index (χ3n) is 2.87. The largest absolute Gasteiger partial charge is 0.356 e. The van der Waals surface area contributed by atoms with Crippen molar-refractivity contribution in [3.05, 3.63) is 35.2 Å². The van der Waals surface area contributed by atoms with Crippen LogP contribution < -0.4 is 10.6 Å². The highest BCUT2D eigenvalue weighted by Gasteiger charge is 2.03. The summed E-state index contributed by atoms with van der Waals surface area (Å²) in [5.74, 6) is 0.932. The van der Waals surface area contributed by atoms with Gasteiger partial charge >= 0.3 is 0 Å². The van der Waals surface area contributed by atoms with Crippen LogP contribution in [-0.4, -0.2) is 19.0 Å². The highest BCUT2D eigenvalue weighted by Crippen LogP contribution is 2.21. The van der Waals surface area contributed by atoms with Crippen LogP contribution in [0.3, 0.4) is 0 Å². The molecule has 1 aliphatic heterocycles. The van der Waals surface area contributed by atoms with E-state index in [2.05, 4.69) is 45.3 Å². The summed E-state index contributed by atoms with van der Waals surface area (Å²) in [5, 5.41) is 10.1. The summed E-state index contributed by atoms with van der Waals surface area (Å²) in [7, 11) is 0. The first-order valence-corrected chi connectivity index (χ1v) is 6.78. The summed E-state index contributed by atoms with van der Waals surface area (Å²) < 4.78 is 1.35. The number of nitrogens with one attached hydrogen (secondary N) is 2.